The maximum Gasteiger partial charge on any atom is 0.361 e. The summed E-state index contributed by atoms with van der Waals surface area (Å²) in [5.41, 5.74) is 0.531. The van der Waals surface area contributed by atoms with Gasteiger partial charge in [0, 0.05) is 5.56 Å². The Hall–Kier alpha value is -0.960. The van der Waals surface area contributed by atoms with Crippen molar-refractivity contribution in [3.63, 3.8) is 0 Å². The minimum atomic E-state index is -3.22. The van der Waals surface area contributed by atoms with E-state index in [1.165, 1.54) is 0 Å². The third kappa shape index (κ3) is 3.01. The van der Waals surface area contributed by atoms with Gasteiger partial charge in [0.1, 0.15) is 6.29 Å². The highest BCUT2D eigenvalue weighted by atomic mass is 31.2. The van der Waals surface area contributed by atoms with Gasteiger partial charge in [-0.05, 0) is 26.0 Å². The van der Waals surface area contributed by atoms with Gasteiger partial charge in [-0.25, -0.2) is 0 Å². The molecule has 1 aromatic rings. The summed E-state index contributed by atoms with van der Waals surface area (Å²) < 4.78 is 22.6. The zero-order valence-electron chi connectivity index (χ0n) is 9.38. The second kappa shape index (κ2) is 5.94. The topological polar surface area (TPSA) is 52.6 Å². The van der Waals surface area contributed by atoms with Crippen molar-refractivity contribution >= 4 is 19.2 Å². The molecule has 0 aromatic heterocycles. The average Bonchev–Trinajstić information content (AvgIpc) is 2.30. The van der Waals surface area contributed by atoms with E-state index in [4.69, 9.17) is 9.05 Å². The number of benzene rings is 1. The van der Waals surface area contributed by atoms with E-state index >= 15 is 0 Å². The van der Waals surface area contributed by atoms with Gasteiger partial charge in [-0.3, -0.25) is 9.36 Å². The molecule has 5 heteroatoms. The maximum absolute atomic E-state index is 12.3. The van der Waals surface area contributed by atoms with Crippen LogP contribution in [0.5, 0.6) is 0 Å². The van der Waals surface area contributed by atoms with E-state index in [9.17, 15) is 9.36 Å². The first-order valence-electron chi connectivity index (χ1n) is 5.11. The molecule has 0 radical (unpaired) electrons. The average molecular weight is 242 g/mol. The Morgan fingerprint density at radius 2 is 1.62 bits per heavy atom. The van der Waals surface area contributed by atoms with E-state index < -0.39 is 7.60 Å². The molecular formula is C11H15O4P. The molecule has 0 amide bonds. The number of rotatable bonds is 6. The molecule has 0 aliphatic rings. The zero-order valence-corrected chi connectivity index (χ0v) is 10.3. The smallest absolute Gasteiger partial charge is 0.305 e. The van der Waals surface area contributed by atoms with Gasteiger partial charge in [-0.15, -0.1) is 0 Å². The lowest BCUT2D eigenvalue weighted by Gasteiger charge is -2.16. The van der Waals surface area contributed by atoms with Crippen LogP contribution in [0.2, 0.25) is 0 Å². The summed E-state index contributed by atoms with van der Waals surface area (Å²) in [6, 6.07) is 6.37. The van der Waals surface area contributed by atoms with Gasteiger partial charge in [0.2, 0.25) is 0 Å². The molecule has 1 rings (SSSR count). The molecule has 88 valence electrons. The molecule has 0 unspecified atom stereocenters. The van der Waals surface area contributed by atoms with Crippen LogP contribution in [0.25, 0.3) is 0 Å². The fourth-order valence-corrected chi connectivity index (χ4v) is 2.83. The second-order valence-corrected chi connectivity index (χ2v) is 5.07. The first-order chi connectivity index (χ1) is 7.66. The fraction of sp³-hybridized carbons (Fsp3) is 0.364. The zero-order chi connectivity index (χ0) is 12.0. The minimum Gasteiger partial charge on any atom is -0.305 e. The maximum atomic E-state index is 12.3. The highest BCUT2D eigenvalue weighted by Crippen LogP contribution is 2.46. The largest absolute Gasteiger partial charge is 0.361 e. The van der Waals surface area contributed by atoms with E-state index in [0.717, 1.165) is 6.29 Å². The minimum absolute atomic E-state index is 0.312. The van der Waals surface area contributed by atoms with Crippen LogP contribution < -0.4 is 5.30 Å². The van der Waals surface area contributed by atoms with Gasteiger partial charge < -0.3 is 9.05 Å². The molecule has 0 bridgehead atoms. The summed E-state index contributed by atoms with van der Waals surface area (Å²) in [4.78, 5) is 10.5. The summed E-state index contributed by atoms with van der Waals surface area (Å²) in [6.45, 7) is 4.14. The van der Waals surface area contributed by atoms with Crippen LogP contribution in [0, 0.1) is 0 Å². The van der Waals surface area contributed by atoms with Crippen molar-refractivity contribution < 1.29 is 18.4 Å². The third-order valence-corrected chi connectivity index (χ3v) is 4.07. The Balaban J connectivity index is 3.01. The molecule has 4 nitrogen and oxygen atoms in total. The second-order valence-electron chi connectivity index (χ2n) is 3.04. The summed E-state index contributed by atoms with van der Waals surface area (Å²) in [5.74, 6) is 0. The summed E-state index contributed by atoms with van der Waals surface area (Å²) in [7, 11) is -3.22. The molecule has 0 atom stereocenters. The van der Waals surface area contributed by atoms with Crippen molar-refractivity contribution in [2.24, 2.45) is 0 Å². The predicted molar refractivity (Wildman–Crippen MR) is 62.3 cm³/mol. The molecule has 0 saturated carbocycles. The van der Waals surface area contributed by atoms with Crippen LogP contribution in [-0.2, 0) is 13.6 Å². The van der Waals surface area contributed by atoms with E-state index in [-0.39, 0.29) is 0 Å². The summed E-state index contributed by atoms with van der Waals surface area (Å²) >= 11 is 0. The molecule has 0 spiro atoms. The summed E-state index contributed by atoms with van der Waals surface area (Å²) in [5, 5.41) is 0.474. The molecule has 0 saturated heterocycles. The lowest BCUT2D eigenvalue weighted by atomic mass is 10.2. The van der Waals surface area contributed by atoms with Crippen molar-refractivity contribution in [2.45, 2.75) is 13.8 Å². The molecule has 0 aliphatic heterocycles. The van der Waals surface area contributed by atoms with Gasteiger partial charge in [0.15, 0.2) is 0 Å². The molecule has 0 aliphatic carbocycles. The SMILES string of the molecule is CCOP(=O)(OCC)c1ccc(C=O)cc1. The monoisotopic (exact) mass is 242 g/mol. The molecule has 0 fully saturated rings. The first-order valence-corrected chi connectivity index (χ1v) is 6.65. The van der Waals surface area contributed by atoms with Gasteiger partial charge >= 0.3 is 7.60 Å². The highest BCUT2D eigenvalue weighted by molar-refractivity contribution is 7.62. The van der Waals surface area contributed by atoms with Crippen molar-refractivity contribution in [3.05, 3.63) is 29.8 Å². The molecule has 16 heavy (non-hydrogen) atoms. The fourth-order valence-electron chi connectivity index (χ4n) is 1.26. The molecular weight excluding hydrogens is 227 g/mol. The predicted octanol–water partition coefficient (Wildman–Crippen LogP) is 2.39. The van der Waals surface area contributed by atoms with Crippen molar-refractivity contribution in [1.29, 1.82) is 0 Å². The van der Waals surface area contributed by atoms with Crippen LogP contribution >= 0.6 is 7.60 Å². The molecule has 0 N–H and O–H groups in total. The number of hydrogen-bond acceptors (Lipinski definition) is 4. The Morgan fingerprint density at radius 3 is 2.00 bits per heavy atom. The Morgan fingerprint density at radius 1 is 1.12 bits per heavy atom. The van der Waals surface area contributed by atoms with E-state index in [2.05, 4.69) is 0 Å². The van der Waals surface area contributed by atoms with Crippen molar-refractivity contribution in [1.82, 2.24) is 0 Å². The first kappa shape index (κ1) is 13.1. The highest BCUT2D eigenvalue weighted by Gasteiger charge is 2.26. The Labute approximate surface area is 95.1 Å². The third-order valence-electron chi connectivity index (χ3n) is 1.94. The van der Waals surface area contributed by atoms with E-state index in [1.807, 2.05) is 0 Å². The number of carbonyl (C=O) groups is 1. The van der Waals surface area contributed by atoms with E-state index in [0.29, 0.717) is 24.1 Å². The van der Waals surface area contributed by atoms with Crippen LogP contribution in [0.3, 0.4) is 0 Å². The van der Waals surface area contributed by atoms with Crippen LogP contribution in [0.1, 0.15) is 24.2 Å². The van der Waals surface area contributed by atoms with Crippen LogP contribution in [-0.4, -0.2) is 19.5 Å². The normalized spacial score (nSPS) is 11.4. The van der Waals surface area contributed by atoms with Gasteiger partial charge in [0.05, 0.1) is 18.5 Å². The van der Waals surface area contributed by atoms with Crippen LogP contribution in [0.4, 0.5) is 0 Å². The Kier molecular flexibility index (Phi) is 4.87. The molecule has 0 heterocycles. The Bertz CT molecular complexity index is 375. The van der Waals surface area contributed by atoms with Crippen molar-refractivity contribution in [3.8, 4) is 0 Å². The number of carbonyl (C=O) groups excluding carboxylic acids is 1. The lowest BCUT2D eigenvalue weighted by Crippen LogP contribution is -2.10. The van der Waals surface area contributed by atoms with E-state index in [1.54, 1.807) is 38.1 Å². The number of hydrogen-bond donors (Lipinski definition) is 0. The quantitative estimate of drug-likeness (QED) is 0.567. The molecule has 1 aromatic carbocycles. The number of aldehydes is 1. The summed E-state index contributed by atoms with van der Waals surface area (Å²) in [6.07, 6.45) is 0.732. The van der Waals surface area contributed by atoms with Gasteiger partial charge in [0.25, 0.3) is 0 Å². The van der Waals surface area contributed by atoms with Crippen LogP contribution in [0.15, 0.2) is 24.3 Å². The van der Waals surface area contributed by atoms with Gasteiger partial charge in [-0.1, -0.05) is 12.1 Å². The lowest BCUT2D eigenvalue weighted by molar-refractivity contribution is 0.112. The van der Waals surface area contributed by atoms with Gasteiger partial charge in [-0.2, -0.15) is 0 Å². The standard InChI is InChI=1S/C11H15O4P/c1-3-14-16(13,15-4-2)11-7-5-10(9-12)6-8-11/h5-9H,3-4H2,1-2H3. The van der Waals surface area contributed by atoms with Crippen molar-refractivity contribution in [2.75, 3.05) is 13.2 Å².